The molecule has 2 aliphatic rings. The molecule has 1 aromatic heterocycles. The Balaban J connectivity index is 1.25. The number of furan rings is 1. The van der Waals surface area contributed by atoms with E-state index in [1.54, 1.807) is 0 Å². The summed E-state index contributed by atoms with van der Waals surface area (Å²) in [7, 11) is 0. The van der Waals surface area contributed by atoms with E-state index in [1.165, 1.54) is 55.3 Å². The lowest BCUT2D eigenvalue weighted by atomic mass is 9.70. The number of para-hydroxylation sites is 2. The van der Waals surface area contributed by atoms with Gasteiger partial charge in [-0.2, -0.15) is 0 Å². The molecule has 10 aromatic rings. The minimum absolute atomic E-state index is 0.461. The average molecular weight is 700 g/mol. The van der Waals surface area contributed by atoms with Gasteiger partial charge >= 0.3 is 0 Å². The fraction of sp³-hybridized carbons (Fsp3) is 0.0189. The van der Waals surface area contributed by atoms with Gasteiger partial charge in [0.05, 0.1) is 22.5 Å². The SMILES string of the molecule is c1ccc(-c2ccccc2N(c2cccc3c2-c2ccccc2C32c3ccccc3-c3ccccc32)c2cc3ccccc3c3c2oc2ccccc23)cc1. The molecule has 0 bridgehead atoms. The highest BCUT2D eigenvalue weighted by atomic mass is 16.3. The number of fused-ring (bicyclic) bond motifs is 15. The minimum atomic E-state index is -0.461. The van der Waals surface area contributed by atoms with E-state index in [-0.39, 0.29) is 0 Å². The van der Waals surface area contributed by atoms with E-state index >= 15 is 0 Å². The smallest absolute Gasteiger partial charge is 0.160 e. The Morgan fingerprint density at radius 2 is 0.927 bits per heavy atom. The monoisotopic (exact) mass is 699 g/mol. The maximum atomic E-state index is 6.99. The second kappa shape index (κ2) is 11.4. The van der Waals surface area contributed by atoms with Gasteiger partial charge in [-0.3, -0.25) is 0 Å². The first-order chi connectivity index (χ1) is 27.3. The zero-order chi connectivity index (χ0) is 36.1. The quantitative estimate of drug-likeness (QED) is 0.182. The summed E-state index contributed by atoms with van der Waals surface area (Å²) in [6, 6.07) is 73.1. The summed E-state index contributed by atoms with van der Waals surface area (Å²) < 4.78 is 6.99. The predicted molar refractivity (Wildman–Crippen MR) is 228 cm³/mol. The highest BCUT2D eigenvalue weighted by molar-refractivity contribution is 6.23. The summed E-state index contributed by atoms with van der Waals surface area (Å²) in [6.07, 6.45) is 0. The van der Waals surface area contributed by atoms with Crippen molar-refractivity contribution in [2.24, 2.45) is 0 Å². The lowest BCUT2D eigenvalue weighted by Crippen LogP contribution is -2.26. The number of anilines is 3. The van der Waals surface area contributed by atoms with Crippen molar-refractivity contribution in [2.75, 3.05) is 4.90 Å². The van der Waals surface area contributed by atoms with Crippen molar-refractivity contribution in [1.29, 1.82) is 0 Å². The molecule has 0 saturated heterocycles. The second-order valence-corrected chi connectivity index (χ2v) is 14.7. The van der Waals surface area contributed by atoms with Crippen LogP contribution < -0.4 is 4.90 Å². The lowest BCUT2D eigenvalue weighted by Gasteiger charge is -2.32. The van der Waals surface area contributed by atoms with Gasteiger partial charge in [-0.15, -0.1) is 0 Å². The molecule has 9 aromatic carbocycles. The molecule has 0 unspecified atom stereocenters. The first-order valence-corrected chi connectivity index (χ1v) is 19.0. The van der Waals surface area contributed by atoms with Crippen molar-refractivity contribution in [1.82, 2.24) is 0 Å². The zero-order valence-electron chi connectivity index (χ0n) is 29.9. The van der Waals surface area contributed by atoms with Crippen molar-refractivity contribution in [3.63, 3.8) is 0 Å². The van der Waals surface area contributed by atoms with Crippen molar-refractivity contribution in [2.45, 2.75) is 5.41 Å². The van der Waals surface area contributed by atoms with Crippen LogP contribution in [0.1, 0.15) is 22.3 Å². The molecule has 0 aliphatic heterocycles. The Morgan fingerprint density at radius 3 is 1.69 bits per heavy atom. The van der Waals surface area contributed by atoms with Gasteiger partial charge in [-0.25, -0.2) is 0 Å². The maximum absolute atomic E-state index is 6.99. The van der Waals surface area contributed by atoms with Gasteiger partial charge in [0.25, 0.3) is 0 Å². The van der Waals surface area contributed by atoms with Gasteiger partial charge in [0.2, 0.25) is 0 Å². The van der Waals surface area contributed by atoms with E-state index < -0.39 is 5.41 Å². The van der Waals surface area contributed by atoms with Gasteiger partial charge in [-0.1, -0.05) is 176 Å². The molecule has 0 saturated carbocycles. The molecular formula is C53H33NO. The Kier molecular flexibility index (Phi) is 6.29. The summed E-state index contributed by atoms with van der Waals surface area (Å²) in [5, 5.41) is 4.61. The van der Waals surface area contributed by atoms with Crippen LogP contribution in [0.15, 0.2) is 205 Å². The fourth-order valence-corrected chi connectivity index (χ4v) is 9.95. The van der Waals surface area contributed by atoms with Crippen LogP contribution in [0.2, 0.25) is 0 Å². The Bertz CT molecular complexity index is 3120. The molecular weight excluding hydrogens is 667 g/mol. The number of hydrogen-bond donors (Lipinski definition) is 0. The Hall–Kier alpha value is -7.16. The zero-order valence-corrected chi connectivity index (χ0v) is 29.9. The van der Waals surface area contributed by atoms with Crippen LogP contribution in [0.4, 0.5) is 17.1 Å². The topological polar surface area (TPSA) is 16.4 Å². The third kappa shape index (κ3) is 4.03. The van der Waals surface area contributed by atoms with Crippen molar-refractivity contribution < 1.29 is 4.42 Å². The molecule has 0 atom stereocenters. The number of nitrogens with zero attached hydrogens (tertiary/aromatic N) is 1. The van der Waals surface area contributed by atoms with Crippen LogP contribution in [0.3, 0.4) is 0 Å². The molecule has 1 spiro atoms. The van der Waals surface area contributed by atoms with Gasteiger partial charge in [-0.05, 0) is 79.5 Å². The van der Waals surface area contributed by atoms with E-state index in [1.807, 2.05) is 0 Å². The van der Waals surface area contributed by atoms with E-state index in [0.717, 1.165) is 50.1 Å². The van der Waals surface area contributed by atoms with Crippen LogP contribution in [-0.2, 0) is 5.41 Å². The minimum Gasteiger partial charge on any atom is -0.454 e. The molecule has 0 radical (unpaired) electrons. The van der Waals surface area contributed by atoms with Crippen molar-refractivity contribution in [3.8, 4) is 33.4 Å². The molecule has 1 heterocycles. The van der Waals surface area contributed by atoms with Gasteiger partial charge < -0.3 is 9.32 Å². The standard InChI is InChI=1S/C53H33NO/c1-2-17-34(18-3-1)36-20-9-14-30-46(36)54(48-33-35-19-4-5-21-37(35)50-41-25-10-15-32-49(41)55-52(48)50)47-31-16-29-45-51(47)40-24-8-13-28-44(40)53(45)42-26-11-6-22-38(42)39-23-7-12-27-43(39)53/h1-33H. The van der Waals surface area contributed by atoms with Crippen LogP contribution >= 0.6 is 0 Å². The molecule has 0 N–H and O–H groups in total. The second-order valence-electron chi connectivity index (χ2n) is 14.7. The molecule has 2 aliphatic carbocycles. The third-order valence-corrected chi connectivity index (χ3v) is 12.1. The van der Waals surface area contributed by atoms with Crippen LogP contribution in [0, 0.1) is 0 Å². The fourth-order valence-electron chi connectivity index (χ4n) is 9.95. The van der Waals surface area contributed by atoms with Gasteiger partial charge in [0.15, 0.2) is 5.58 Å². The number of rotatable bonds is 4. The van der Waals surface area contributed by atoms with E-state index in [0.29, 0.717) is 0 Å². The van der Waals surface area contributed by atoms with E-state index in [4.69, 9.17) is 4.42 Å². The number of hydrogen-bond acceptors (Lipinski definition) is 2. The summed E-state index contributed by atoms with van der Waals surface area (Å²) in [5.74, 6) is 0. The Morgan fingerprint density at radius 1 is 0.382 bits per heavy atom. The molecule has 12 rings (SSSR count). The van der Waals surface area contributed by atoms with Crippen molar-refractivity contribution >= 4 is 49.8 Å². The normalized spacial score (nSPS) is 13.2. The summed E-state index contributed by atoms with van der Waals surface area (Å²) in [5.41, 5.74) is 17.2. The average Bonchev–Trinajstić information content (AvgIpc) is 3.90. The van der Waals surface area contributed by atoms with E-state index in [2.05, 4.69) is 205 Å². The van der Waals surface area contributed by atoms with Crippen LogP contribution in [0.5, 0.6) is 0 Å². The van der Waals surface area contributed by atoms with Crippen LogP contribution in [-0.4, -0.2) is 0 Å². The highest BCUT2D eigenvalue weighted by Gasteiger charge is 2.52. The molecule has 0 amide bonds. The Labute approximate surface area is 319 Å². The number of benzene rings is 9. The van der Waals surface area contributed by atoms with Gasteiger partial charge in [0, 0.05) is 21.9 Å². The maximum Gasteiger partial charge on any atom is 0.160 e. The lowest BCUT2D eigenvalue weighted by molar-refractivity contribution is 0.669. The van der Waals surface area contributed by atoms with Gasteiger partial charge in [0.1, 0.15) is 5.58 Å². The third-order valence-electron chi connectivity index (χ3n) is 12.1. The molecule has 2 heteroatoms. The first-order valence-electron chi connectivity index (χ1n) is 19.0. The predicted octanol–water partition coefficient (Wildman–Crippen LogP) is 14.2. The van der Waals surface area contributed by atoms with E-state index in [9.17, 15) is 0 Å². The molecule has 2 nitrogen and oxygen atoms in total. The highest BCUT2D eigenvalue weighted by Crippen LogP contribution is 2.65. The summed E-state index contributed by atoms with van der Waals surface area (Å²) >= 11 is 0. The van der Waals surface area contributed by atoms with Crippen LogP contribution in [0.25, 0.3) is 66.1 Å². The largest absolute Gasteiger partial charge is 0.454 e. The molecule has 256 valence electrons. The summed E-state index contributed by atoms with van der Waals surface area (Å²) in [4.78, 5) is 2.49. The molecule has 0 fully saturated rings. The summed E-state index contributed by atoms with van der Waals surface area (Å²) in [6.45, 7) is 0. The van der Waals surface area contributed by atoms with Crippen molar-refractivity contribution in [3.05, 3.63) is 222 Å². The first kappa shape index (κ1) is 30.3. The molecule has 55 heavy (non-hydrogen) atoms.